The average Bonchev–Trinajstić information content (AvgIpc) is 3.30. The number of hydrogen-bond donors (Lipinski definition) is 2. The minimum absolute atomic E-state index is 0.0726. The molecule has 0 aromatic heterocycles. The second kappa shape index (κ2) is 6.45. The second-order valence-corrected chi connectivity index (χ2v) is 12.0. The van der Waals surface area contributed by atoms with Crippen molar-refractivity contribution < 1.29 is 19.7 Å². The fourth-order valence-corrected chi connectivity index (χ4v) is 8.96. The lowest BCUT2D eigenvalue weighted by Gasteiger charge is -2.71. The van der Waals surface area contributed by atoms with Crippen LogP contribution in [0, 0.1) is 22.7 Å². The fourth-order valence-electron chi connectivity index (χ4n) is 8.96. The van der Waals surface area contributed by atoms with Crippen molar-refractivity contribution in [2.75, 3.05) is 0 Å². The second-order valence-electron chi connectivity index (χ2n) is 12.0. The van der Waals surface area contributed by atoms with Crippen LogP contribution in [0.2, 0.25) is 0 Å². The van der Waals surface area contributed by atoms with Crippen LogP contribution in [0.5, 0.6) is 0 Å². The van der Waals surface area contributed by atoms with Gasteiger partial charge >= 0.3 is 5.97 Å². The van der Waals surface area contributed by atoms with E-state index in [1.54, 1.807) is 0 Å². The van der Waals surface area contributed by atoms with Crippen LogP contribution in [0.3, 0.4) is 0 Å². The summed E-state index contributed by atoms with van der Waals surface area (Å²) in [6, 6.07) is 0. The quantitative estimate of drug-likeness (QED) is 0.640. The van der Waals surface area contributed by atoms with Gasteiger partial charge in [-0.2, -0.15) is 0 Å². The van der Waals surface area contributed by atoms with Crippen LogP contribution in [0.4, 0.5) is 0 Å². The van der Waals surface area contributed by atoms with E-state index in [-0.39, 0.29) is 22.7 Å². The van der Waals surface area contributed by atoms with Gasteiger partial charge in [0.05, 0.1) is 17.1 Å². The summed E-state index contributed by atoms with van der Waals surface area (Å²) >= 11 is 0. The molecule has 0 radical (unpaired) electrons. The summed E-state index contributed by atoms with van der Waals surface area (Å²) in [5.41, 5.74) is -2.12. The van der Waals surface area contributed by atoms with Gasteiger partial charge in [0, 0.05) is 10.8 Å². The van der Waals surface area contributed by atoms with Crippen LogP contribution in [-0.2, 0) is 9.53 Å². The van der Waals surface area contributed by atoms with Crippen molar-refractivity contribution >= 4 is 5.97 Å². The van der Waals surface area contributed by atoms with Gasteiger partial charge in [-0.05, 0) is 76.5 Å². The smallest absolute Gasteiger partial charge is 0.309 e. The van der Waals surface area contributed by atoms with Crippen LogP contribution in [0.15, 0.2) is 0 Å². The molecule has 4 heteroatoms. The van der Waals surface area contributed by atoms with Crippen LogP contribution >= 0.6 is 0 Å². The molecular weight excluding hydrogens is 364 g/mol. The minimum atomic E-state index is -0.638. The third kappa shape index (κ3) is 2.80. The number of carbonyl (C=O) groups is 1. The van der Waals surface area contributed by atoms with Crippen molar-refractivity contribution in [3.8, 4) is 0 Å². The third-order valence-corrected chi connectivity index (χ3v) is 10.2. The van der Waals surface area contributed by atoms with E-state index in [2.05, 4.69) is 0 Å². The van der Waals surface area contributed by atoms with Gasteiger partial charge in [0.15, 0.2) is 0 Å². The monoisotopic (exact) mass is 404 g/mol. The summed E-state index contributed by atoms with van der Waals surface area (Å²) < 4.78 is 6.40. The van der Waals surface area contributed by atoms with Gasteiger partial charge in [-0.1, -0.05) is 39.5 Å². The Kier molecular flexibility index (Phi) is 4.51. The third-order valence-electron chi connectivity index (χ3n) is 10.2. The molecule has 6 aliphatic carbocycles. The summed E-state index contributed by atoms with van der Waals surface area (Å²) in [6.45, 7) is 4.00. The molecule has 6 saturated carbocycles. The number of aliphatic hydroxyl groups is 2. The zero-order chi connectivity index (χ0) is 20.5. The molecule has 6 aliphatic rings. The molecular formula is C25H40O4. The molecule has 2 N–H and O–H groups in total. The number of rotatable bonds is 5. The predicted octanol–water partition coefficient (Wildman–Crippen LogP) is 4.90. The largest absolute Gasteiger partial charge is 0.459 e. The Balaban J connectivity index is 1.56. The van der Waals surface area contributed by atoms with Crippen LogP contribution in [0.25, 0.3) is 0 Å². The van der Waals surface area contributed by atoms with Crippen LogP contribution < -0.4 is 0 Å². The molecule has 4 nitrogen and oxygen atoms in total. The molecule has 3 atom stereocenters. The number of esters is 1. The Labute approximate surface area is 175 Å². The van der Waals surface area contributed by atoms with Gasteiger partial charge in [-0.3, -0.25) is 4.79 Å². The Bertz CT molecular complexity index is 634. The first kappa shape index (κ1) is 20.3. The first-order valence-electron chi connectivity index (χ1n) is 12.4. The van der Waals surface area contributed by atoms with E-state index < -0.39 is 16.8 Å². The number of hydrogen-bond acceptors (Lipinski definition) is 4. The zero-order valence-electron chi connectivity index (χ0n) is 18.5. The van der Waals surface area contributed by atoms with Crippen molar-refractivity contribution in [2.45, 2.75) is 127 Å². The summed E-state index contributed by atoms with van der Waals surface area (Å²) in [6.07, 6.45) is 14.3. The average molecular weight is 405 g/mol. The molecule has 0 saturated heterocycles. The summed E-state index contributed by atoms with van der Waals surface area (Å²) in [7, 11) is 0. The maximum atomic E-state index is 12.9. The van der Waals surface area contributed by atoms with Crippen molar-refractivity contribution in [2.24, 2.45) is 22.7 Å². The van der Waals surface area contributed by atoms with E-state index in [4.69, 9.17) is 4.74 Å². The van der Waals surface area contributed by atoms with Crippen molar-refractivity contribution in [1.29, 1.82) is 0 Å². The topological polar surface area (TPSA) is 66.8 Å². The molecule has 0 aromatic carbocycles. The molecule has 6 fully saturated rings. The standard InChI is InChI=1S/C25H40O4/c1-3-18(2)20(26)29-23-14-19-12-21(16-23,24(27)8-4-5-9-24)15-22(13-19,17-23)25(28)10-6-7-11-25/h18-19,27-28H,3-17H2,1-2H3. The van der Waals surface area contributed by atoms with Crippen LogP contribution in [-0.4, -0.2) is 33.0 Å². The highest BCUT2D eigenvalue weighted by Crippen LogP contribution is 2.75. The molecule has 6 rings (SSSR count). The van der Waals surface area contributed by atoms with E-state index >= 15 is 0 Å². The van der Waals surface area contributed by atoms with Crippen molar-refractivity contribution in [3.05, 3.63) is 0 Å². The SMILES string of the molecule is CCC(C)C(=O)OC12CC3CC(C4(O)CCCC4)(C1)CC(C1(O)CCCC1)(C3)C2. The predicted molar refractivity (Wildman–Crippen MR) is 111 cm³/mol. The Hall–Kier alpha value is -0.610. The maximum absolute atomic E-state index is 12.9. The fraction of sp³-hybridized carbons (Fsp3) is 0.960. The molecule has 0 spiro atoms. The number of ether oxygens (including phenoxy) is 1. The molecule has 0 aromatic rings. The van der Waals surface area contributed by atoms with Gasteiger partial charge in [0.2, 0.25) is 0 Å². The first-order chi connectivity index (χ1) is 13.7. The number of carbonyl (C=O) groups excluding carboxylic acids is 1. The lowest BCUT2D eigenvalue weighted by atomic mass is 9.36. The zero-order valence-corrected chi connectivity index (χ0v) is 18.5. The van der Waals surface area contributed by atoms with Gasteiger partial charge in [-0.25, -0.2) is 0 Å². The molecule has 29 heavy (non-hydrogen) atoms. The lowest BCUT2D eigenvalue weighted by molar-refractivity contribution is -0.295. The summed E-state index contributed by atoms with van der Waals surface area (Å²) in [4.78, 5) is 12.9. The van der Waals surface area contributed by atoms with Gasteiger partial charge in [0.1, 0.15) is 5.60 Å². The molecule has 0 aliphatic heterocycles. The van der Waals surface area contributed by atoms with Gasteiger partial charge in [-0.15, -0.1) is 0 Å². The Morgan fingerprint density at radius 1 is 0.897 bits per heavy atom. The minimum Gasteiger partial charge on any atom is -0.459 e. The lowest BCUT2D eigenvalue weighted by Crippen LogP contribution is -2.71. The Morgan fingerprint density at radius 2 is 1.38 bits per heavy atom. The van der Waals surface area contributed by atoms with E-state index in [0.29, 0.717) is 5.92 Å². The van der Waals surface area contributed by atoms with E-state index in [1.807, 2.05) is 13.8 Å². The molecule has 0 heterocycles. The molecule has 0 amide bonds. The summed E-state index contributed by atoms with van der Waals surface area (Å²) in [5, 5.41) is 23.8. The summed E-state index contributed by atoms with van der Waals surface area (Å²) in [5.74, 6) is 0.306. The van der Waals surface area contributed by atoms with Crippen LogP contribution in [0.1, 0.15) is 110 Å². The highest BCUT2D eigenvalue weighted by molar-refractivity contribution is 5.72. The van der Waals surface area contributed by atoms with E-state index in [9.17, 15) is 15.0 Å². The highest BCUT2D eigenvalue weighted by Gasteiger charge is 2.73. The molecule has 3 unspecified atom stereocenters. The van der Waals surface area contributed by atoms with Crippen molar-refractivity contribution in [3.63, 3.8) is 0 Å². The van der Waals surface area contributed by atoms with E-state index in [1.165, 1.54) is 0 Å². The molecule has 164 valence electrons. The van der Waals surface area contributed by atoms with Gasteiger partial charge < -0.3 is 14.9 Å². The van der Waals surface area contributed by atoms with Crippen molar-refractivity contribution in [1.82, 2.24) is 0 Å². The van der Waals surface area contributed by atoms with Gasteiger partial charge in [0.25, 0.3) is 0 Å². The first-order valence-corrected chi connectivity index (χ1v) is 12.4. The Morgan fingerprint density at radius 3 is 1.83 bits per heavy atom. The normalized spacial score (nSPS) is 45.4. The maximum Gasteiger partial charge on any atom is 0.309 e. The highest BCUT2D eigenvalue weighted by atomic mass is 16.6. The van der Waals surface area contributed by atoms with E-state index in [0.717, 1.165) is 96.3 Å². The molecule has 4 bridgehead atoms.